The zero-order chi connectivity index (χ0) is 13.1. The van der Waals surface area contributed by atoms with E-state index in [9.17, 15) is 4.79 Å². The van der Waals surface area contributed by atoms with Crippen LogP contribution < -0.4 is 11.1 Å². The monoisotopic (exact) mass is 299 g/mol. The average Bonchev–Trinajstić information content (AvgIpc) is 2.68. The van der Waals surface area contributed by atoms with Crippen LogP contribution in [0.5, 0.6) is 0 Å². The molecule has 2 aromatic rings. The standard InChI is InChI=1S/C13H17N3OS.ClH/c1-3-4-10(14)13(17)16-9-5-6-11-12(7-9)18-8(2)15-11;/h5-7,10H,3-4,14H2,1-2H3,(H,16,17);1H. The summed E-state index contributed by atoms with van der Waals surface area (Å²) in [6.07, 6.45) is 1.61. The molecule has 1 amide bonds. The van der Waals surface area contributed by atoms with Gasteiger partial charge >= 0.3 is 0 Å². The summed E-state index contributed by atoms with van der Waals surface area (Å²) in [5, 5.41) is 3.87. The second-order valence-electron chi connectivity index (χ2n) is 4.30. The molecular weight excluding hydrogens is 282 g/mol. The van der Waals surface area contributed by atoms with Crippen LogP contribution in [0.25, 0.3) is 10.2 Å². The molecule has 6 heteroatoms. The number of amides is 1. The van der Waals surface area contributed by atoms with Gasteiger partial charge in [-0.3, -0.25) is 4.79 Å². The van der Waals surface area contributed by atoms with Gasteiger partial charge in [-0.15, -0.1) is 23.7 Å². The number of halogens is 1. The van der Waals surface area contributed by atoms with Crippen molar-refractivity contribution in [3.8, 4) is 0 Å². The van der Waals surface area contributed by atoms with Gasteiger partial charge in [0.25, 0.3) is 0 Å². The van der Waals surface area contributed by atoms with Crippen LogP contribution in [0.15, 0.2) is 18.2 Å². The highest BCUT2D eigenvalue weighted by atomic mass is 35.5. The summed E-state index contributed by atoms with van der Waals surface area (Å²) in [5.41, 5.74) is 7.52. The molecule has 0 aliphatic rings. The van der Waals surface area contributed by atoms with Crippen molar-refractivity contribution in [2.75, 3.05) is 5.32 Å². The zero-order valence-corrected chi connectivity index (χ0v) is 12.6. The van der Waals surface area contributed by atoms with Crippen molar-refractivity contribution < 1.29 is 4.79 Å². The van der Waals surface area contributed by atoms with Crippen molar-refractivity contribution in [1.82, 2.24) is 4.98 Å². The van der Waals surface area contributed by atoms with Crippen molar-refractivity contribution in [2.24, 2.45) is 5.73 Å². The largest absolute Gasteiger partial charge is 0.325 e. The summed E-state index contributed by atoms with van der Waals surface area (Å²) in [6, 6.07) is 5.28. The van der Waals surface area contributed by atoms with Gasteiger partial charge in [0.05, 0.1) is 21.3 Å². The molecule has 104 valence electrons. The Balaban J connectivity index is 0.00000180. The van der Waals surface area contributed by atoms with E-state index in [2.05, 4.69) is 10.3 Å². The summed E-state index contributed by atoms with van der Waals surface area (Å²) in [5.74, 6) is -0.127. The number of nitrogens with two attached hydrogens (primary N) is 1. The number of nitrogens with one attached hydrogen (secondary N) is 1. The molecule has 0 radical (unpaired) electrons. The molecule has 0 spiro atoms. The van der Waals surface area contributed by atoms with Crippen molar-refractivity contribution >= 4 is 45.6 Å². The third-order valence-corrected chi connectivity index (χ3v) is 3.63. The molecule has 1 aromatic carbocycles. The summed E-state index contributed by atoms with van der Waals surface area (Å²) in [4.78, 5) is 16.2. The number of fused-ring (bicyclic) bond motifs is 1. The van der Waals surface area contributed by atoms with Crippen LogP contribution in [-0.2, 0) is 4.79 Å². The van der Waals surface area contributed by atoms with E-state index >= 15 is 0 Å². The van der Waals surface area contributed by atoms with Gasteiger partial charge in [-0.2, -0.15) is 0 Å². The minimum absolute atomic E-state index is 0. The van der Waals surface area contributed by atoms with E-state index in [0.29, 0.717) is 6.42 Å². The quantitative estimate of drug-likeness (QED) is 0.911. The third kappa shape index (κ3) is 3.89. The van der Waals surface area contributed by atoms with E-state index in [0.717, 1.165) is 27.3 Å². The third-order valence-electron chi connectivity index (χ3n) is 2.70. The average molecular weight is 300 g/mol. The molecule has 0 saturated carbocycles. The normalized spacial score (nSPS) is 11.9. The Bertz CT molecular complexity index is 570. The number of rotatable bonds is 4. The van der Waals surface area contributed by atoms with Crippen LogP contribution in [0.1, 0.15) is 24.8 Å². The Labute approximate surface area is 122 Å². The maximum Gasteiger partial charge on any atom is 0.241 e. The van der Waals surface area contributed by atoms with Gasteiger partial charge in [-0.1, -0.05) is 13.3 Å². The highest BCUT2D eigenvalue weighted by Gasteiger charge is 2.12. The summed E-state index contributed by atoms with van der Waals surface area (Å²) in [6.45, 7) is 3.99. The predicted octanol–water partition coefficient (Wildman–Crippen LogP) is 3.09. The lowest BCUT2D eigenvalue weighted by Gasteiger charge is -2.10. The Kier molecular flexibility index (Phi) is 5.72. The molecule has 0 bridgehead atoms. The Morgan fingerprint density at radius 3 is 2.95 bits per heavy atom. The molecule has 1 unspecified atom stereocenters. The second kappa shape index (κ2) is 6.84. The first-order valence-electron chi connectivity index (χ1n) is 6.03. The molecule has 2 rings (SSSR count). The van der Waals surface area contributed by atoms with E-state index in [1.165, 1.54) is 0 Å². The number of thiazole rings is 1. The smallest absolute Gasteiger partial charge is 0.241 e. The van der Waals surface area contributed by atoms with Crippen molar-refractivity contribution in [3.63, 3.8) is 0 Å². The van der Waals surface area contributed by atoms with Crippen molar-refractivity contribution in [3.05, 3.63) is 23.2 Å². The molecule has 0 saturated heterocycles. The first-order valence-corrected chi connectivity index (χ1v) is 6.85. The molecule has 0 aliphatic heterocycles. The van der Waals surface area contributed by atoms with Crippen LogP contribution in [0, 0.1) is 6.92 Å². The number of aromatic nitrogens is 1. The first kappa shape index (κ1) is 15.9. The summed E-state index contributed by atoms with van der Waals surface area (Å²) < 4.78 is 1.08. The van der Waals surface area contributed by atoms with Gasteiger partial charge in [0, 0.05) is 5.69 Å². The molecule has 0 aliphatic carbocycles. The fourth-order valence-electron chi connectivity index (χ4n) is 1.79. The van der Waals surface area contributed by atoms with Crippen LogP contribution in [0.3, 0.4) is 0 Å². The number of nitrogens with zero attached hydrogens (tertiary/aromatic N) is 1. The van der Waals surface area contributed by atoms with E-state index in [4.69, 9.17) is 5.73 Å². The molecule has 3 N–H and O–H groups in total. The number of carbonyl (C=O) groups is 1. The van der Waals surface area contributed by atoms with Crippen molar-refractivity contribution in [1.29, 1.82) is 0 Å². The van der Waals surface area contributed by atoms with E-state index < -0.39 is 6.04 Å². The molecule has 1 aromatic heterocycles. The maximum atomic E-state index is 11.8. The lowest BCUT2D eigenvalue weighted by Crippen LogP contribution is -2.35. The summed E-state index contributed by atoms with van der Waals surface area (Å²) in [7, 11) is 0. The number of benzene rings is 1. The fraction of sp³-hybridized carbons (Fsp3) is 0.385. The Morgan fingerprint density at radius 1 is 1.53 bits per heavy atom. The maximum absolute atomic E-state index is 11.8. The SMILES string of the molecule is CCCC(N)C(=O)Nc1ccc2nc(C)sc2c1.Cl. The van der Waals surface area contributed by atoms with Gasteiger partial charge < -0.3 is 11.1 Å². The number of anilines is 1. The van der Waals surface area contributed by atoms with E-state index in [1.807, 2.05) is 32.0 Å². The number of carbonyl (C=O) groups excluding carboxylic acids is 1. The van der Waals surface area contributed by atoms with Crippen LogP contribution >= 0.6 is 23.7 Å². The predicted molar refractivity (Wildman–Crippen MR) is 83.1 cm³/mol. The van der Waals surface area contributed by atoms with Crippen LogP contribution in [0.4, 0.5) is 5.69 Å². The van der Waals surface area contributed by atoms with Gasteiger partial charge in [0.1, 0.15) is 0 Å². The van der Waals surface area contributed by atoms with Gasteiger partial charge in [-0.05, 0) is 31.5 Å². The van der Waals surface area contributed by atoms with Crippen molar-refractivity contribution in [2.45, 2.75) is 32.7 Å². The topological polar surface area (TPSA) is 68.0 Å². The highest BCUT2D eigenvalue weighted by molar-refractivity contribution is 7.18. The molecule has 4 nitrogen and oxygen atoms in total. The molecule has 0 fully saturated rings. The van der Waals surface area contributed by atoms with Gasteiger partial charge in [-0.25, -0.2) is 4.98 Å². The lowest BCUT2D eigenvalue weighted by atomic mass is 10.1. The van der Waals surface area contributed by atoms with Crippen LogP contribution in [-0.4, -0.2) is 16.9 Å². The minimum Gasteiger partial charge on any atom is -0.325 e. The summed E-state index contributed by atoms with van der Waals surface area (Å²) >= 11 is 1.62. The van der Waals surface area contributed by atoms with Crippen LogP contribution in [0.2, 0.25) is 0 Å². The van der Waals surface area contributed by atoms with Gasteiger partial charge in [0.15, 0.2) is 0 Å². The first-order chi connectivity index (χ1) is 8.60. The van der Waals surface area contributed by atoms with E-state index in [1.54, 1.807) is 11.3 Å². The second-order valence-corrected chi connectivity index (χ2v) is 5.53. The minimum atomic E-state index is -0.436. The zero-order valence-electron chi connectivity index (χ0n) is 11.0. The van der Waals surface area contributed by atoms with Gasteiger partial charge in [0.2, 0.25) is 5.91 Å². The molecule has 1 heterocycles. The Hall–Kier alpha value is -1.17. The number of hydrogen-bond acceptors (Lipinski definition) is 4. The fourth-order valence-corrected chi connectivity index (χ4v) is 2.66. The number of hydrogen-bond donors (Lipinski definition) is 2. The highest BCUT2D eigenvalue weighted by Crippen LogP contribution is 2.24. The van der Waals surface area contributed by atoms with E-state index in [-0.39, 0.29) is 18.3 Å². The Morgan fingerprint density at radius 2 is 2.26 bits per heavy atom. The lowest BCUT2D eigenvalue weighted by molar-refractivity contribution is -0.117. The molecular formula is C13H18ClN3OS. The number of aryl methyl sites for hydroxylation is 1. The molecule has 1 atom stereocenters. The molecule has 19 heavy (non-hydrogen) atoms.